The van der Waals surface area contributed by atoms with E-state index in [1.807, 2.05) is 14.1 Å². The van der Waals surface area contributed by atoms with Gasteiger partial charge in [0.25, 0.3) is 5.91 Å². The predicted molar refractivity (Wildman–Crippen MR) is 126 cm³/mol. The van der Waals surface area contributed by atoms with Crippen molar-refractivity contribution in [3.8, 4) is 0 Å². The first-order valence-corrected chi connectivity index (χ1v) is 12.5. The highest BCUT2D eigenvalue weighted by Gasteiger charge is 2.30. The molecule has 0 atom stereocenters. The fourth-order valence-electron chi connectivity index (χ4n) is 4.25. The summed E-state index contributed by atoms with van der Waals surface area (Å²) in [6.07, 6.45) is 1.19. The van der Waals surface area contributed by atoms with Crippen LogP contribution in [0.3, 0.4) is 0 Å². The summed E-state index contributed by atoms with van der Waals surface area (Å²) in [5, 5.41) is 3.08. The Morgan fingerprint density at radius 1 is 1.16 bits per heavy atom. The number of nitrogens with one attached hydrogen (secondary N) is 2. The van der Waals surface area contributed by atoms with Gasteiger partial charge in [-0.3, -0.25) is 9.59 Å². The van der Waals surface area contributed by atoms with Gasteiger partial charge in [-0.2, -0.15) is 0 Å². The first-order chi connectivity index (χ1) is 14.8. The second-order valence-electron chi connectivity index (χ2n) is 9.81. The fraction of sp³-hybridized carbons (Fsp3) is 0.652. The Kier molecular flexibility index (Phi) is 8.47. The molecule has 2 rings (SSSR count). The molecule has 1 aromatic carbocycles. The van der Waals surface area contributed by atoms with E-state index in [4.69, 9.17) is 0 Å². The molecule has 0 aromatic heterocycles. The van der Waals surface area contributed by atoms with E-state index in [0.29, 0.717) is 43.6 Å². The Hall–Kier alpha value is -1.97. The molecule has 2 N–H and O–H groups in total. The van der Waals surface area contributed by atoms with Crippen LogP contribution in [0.1, 0.15) is 48.2 Å². The molecule has 0 spiro atoms. The highest BCUT2D eigenvalue weighted by atomic mass is 32.2. The topological polar surface area (TPSA) is 98.8 Å². The summed E-state index contributed by atoms with van der Waals surface area (Å²) in [5.74, 6) is -0.279. The molecule has 1 aliphatic rings. The zero-order valence-electron chi connectivity index (χ0n) is 20.4. The molecule has 32 heavy (non-hydrogen) atoms. The molecule has 0 bridgehead atoms. The molecule has 2 amide bonds. The first-order valence-electron chi connectivity index (χ1n) is 11.0. The molecule has 1 aromatic rings. The number of hydrogen-bond acceptors (Lipinski definition) is 5. The van der Waals surface area contributed by atoms with Crippen molar-refractivity contribution >= 4 is 21.8 Å². The number of carbonyl (C=O) groups excluding carboxylic acids is 2. The summed E-state index contributed by atoms with van der Waals surface area (Å²) in [7, 11) is 1.73. The summed E-state index contributed by atoms with van der Waals surface area (Å²) in [6, 6.07) is 3.18. The van der Waals surface area contributed by atoms with Crippen LogP contribution in [0.2, 0.25) is 0 Å². The van der Waals surface area contributed by atoms with Gasteiger partial charge >= 0.3 is 0 Å². The van der Waals surface area contributed by atoms with Crippen LogP contribution in [-0.2, 0) is 14.8 Å². The molecular formula is C23H38N4O4S. The predicted octanol–water partition coefficient (Wildman–Crippen LogP) is 1.77. The van der Waals surface area contributed by atoms with E-state index < -0.39 is 10.0 Å². The van der Waals surface area contributed by atoms with Crippen LogP contribution in [0.5, 0.6) is 0 Å². The van der Waals surface area contributed by atoms with Gasteiger partial charge in [-0.1, -0.05) is 13.8 Å². The quantitative estimate of drug-likeness (QED) is 0.608. The summed E-state index contributed by atoms with van der Waals surface area (Å²) < 4.78 is 27.0. The van der Waals surface area contributed by atoms with Crippen LogP contribution in [0.15, 0.2) is 17.0 Å². The van der Waals surface area contributed by atoms with Crippen molar-refractivity contribution in [1.29, 1.82) is 0 Å². The van der Waals surface area contributed by atoms with E-state index in [0.717, 1.165) is 12.1 Å². The zero-order valence-corrected chi connectivity index (χ0v) is 21.2. The van der Waals surface area contributed by atoms with Crippen LogP contribution in [0, 0.1) is 25.2 Å². The lowest BCUT2D eigenvalue weighted by Gasteiger charge is -2.33. The van der Waals surface area contributed by atoms with Crippen LogP contribution in [-0.4, -0.2) is 77.4 Å². The third-order valence-corrected chi connectivity index (χ3v) is 7.60. The van der Waals surface area contributed by atoms with Crippen molar-refractivity contribution < 1.29 is 18.0 Å². The number of aryl methyl sites for hydroxylation is 1. The van der Waals surface area contributed by atoms with Gasteiger partial charge in [0.05, 0.1) is 4.90 Å². The van der Waals surface area contributed by atoms with Gasteiger partial charge in [-0.15, -0.1) is 0 Å². The van der Waals surface area contributed by atoms with Crippen molar-refractivity contribution in [2.75, 3.05) is 47.3 Å². The molecule has 0 radical (unpaired) electrons. The maximum absolute atomic E-state index is 13.1. The molecule has 0 unspecified atom stereocenters. The third-order valence-electron chi connectivity index (χ3n) is 6.06. The molecule has 1 saturated heterocycles. The van der Waals surface area contributed by atoms with E-state index in [1.54, 1.807) is 24.8 Å². The van der Waals surface area contributed by atoms with E-state index in [2.05, 4.69) is 28.8 Å². The molecule has 8 nitrogen and oxygen atoms in total. The molecule has 180 valence electrons. The van der Waals surface area contributed by atoms with Gasteiger partial charge in [0.15, 0.2) is 0 Å². The minimum absolute atomic E-state index is 0.0233. The van der Waals surface area contributed by atoms with Crippen molar-refractivity contribution in [2.24, 2.45) is 11.3 Å². The van der Waals surface area contributed by atoms with Crippen LogP contribution >= 0.6 is 0 Å². The van der Waals surface area contributed by atoms with Crippen molar-refractivity contribution in [1.82, 2.24) is 19.8 Å². The lowest BCUT2D eigenvalue weighted by molar-refractivity contribution is -0.126. The van der Waals surface area contributed by atoms with E-state index in [-0.39, 0.29) is 28.0 Å². The van der Waals surface area contributed by atoms with Crippen molar-refractivity contribution in [2.45, 2.75) is 45.4 Å². The lowest BCUT2D eigenvalue weighted by Crippen LogP contribution is -2.46. The number of rotatable bonds is 8. The Labute approximate surface area is 192 Å². The van der Waals surface area contributed by atoms with Gasteiger partial charge < -0.3 is 15.1 Å². The third kappa shape index (κ3) is 6.52. The van der Waals surface area contributed by atoms with E-state index in [1.165, 1.54) is 13.1 Å². The minimum Gasteiger partial charge on any atom is -0.355 e. The summed E-state index contributed by atoms with van der Waals surface area (Å²) in [5.41, 5.74) is 1.71. The van der Waals surface area contributed by atoms with Gasteiger partial charge in [-0.05, 0) is 76.5 Å². The number of sulfonamides is 1. The molecule has 1 heterocycles. The molecule has 1 aliphatic heterocycles. The highest BCUT2D eigenvalue weighted by molar-refractivity contribution is 7.89. The van der Waals surface area contributed by atoms with Crippen LogP contribution in [0.4, 0.5) is 0 Å². The van der Waals surface area contributed by atoms with Crippen LogP contribution in [0.25, 0.3) is 0 Å². The number of hydrogen-bond donors (Lipinski definition) is 2. The normalized spacial score (nSPS) is 15.8. The molecule has 1 fully saturated rings. The molecule has 0 saturated carbocycles. The summed E-state index contributed by atoms with van der Waals surface area (Å²) in [6.45, 7) is 10.2. The Morgan fingerprint density at radius 3 is 2.28 bits per heavy atom. The number of nitrogens with zero attached hydrogens (tertiary/aromatic N) is 2. The van der Waals surface area contributed by atoms with E-state index >= 15 is 0 Å². The van der Waals surface area contributed by atoms with Crippen molar-refractivity contribution in [3.63, 3.8) is 0 Å². The molecule has 9 heteroatoms. The van der Waals surface area contributed by atoms with Crippen LogP contribution < -0.4 is 10.0 Å². The Morgan fingerprint density at radius 2 is 1.75 bits per heavy atom. The number of carbonyl (C=O) groups is 2. The second kappa shape index (κ2) is 10.3. The Bertz CT molecular complexity index is 949. The molecule has 0 aliphatic carbocycles. The average Bonchev–Trinajstić information content (AvgIpc) is 2.72. The fourth-order valence-corrected chi connectivity index (χ4v) is 5.32. The maximum atomic E-state index is 13.1. The minimum atomic E-state index is -3.66. The number of amides is 2. The average molecular weight is 467 g/mol. The lowest BCUT2D eigenvalue weighted by atomic mass is 9.91. The highest BCUT2D eigenvalue weighted by Crippen LogP contribution is 2.24. The molecular weight excluding hydrogens is 428 g/mol. The maximum Gasteiger partial charge on any atom is 0.253 e. The Balaban J connectivity index is 2.02. The zero-order chi connectivity index (χ0) is 24.3. The van der Waals surface area contributed by atoms with Crippen molar-refractivity contribution in [3.05, 3.63) is 28.8 Å². The monoisotopic (exact) mass is 466 g/mol. The number of piperidine rings is 1. The standard InChI is InChI=1S/C23H38N4O4S/c1-16-12-19(13-20(17(16)2)32(30,31)24-5)22(29)27-10-8-18(9-11-27)21(28)25-14-23(3,4)15-26(6)7/h12-13,18,24H,8-11,14-15H2,1-7H3,(H,25,28). The van der Waals surface area contributed by atoms with Gasteiger partial charge in [-0.25, -0.2) is 13.1 Å². The van der Waals surface area contributed by atoms with Gasteiger partial charge in [0, 0.05) is 37.7 Å². The van der Waals surface area contributed by atoms with Gasteiger partial charge in [0.2, 0.25) is 15.9 Å². The first kappa shape index (κ1) is 26.3. The van der Waals surface area contributed by atoms with Gasteiger partial charge in [0.1, 0.15) is 0 Å². The summed E-state index contributed by atoms with van der Waals surface area (Å²) >= 11 is 0. The number of likely N-dealkylation sites (tertiary alicyclic amines) is 1. The number of benzene rings is 1. The van der Waals surface area contributed by atoms with E-state index in [9.17, 15) is 18.0 Å². The largest absolute Gasteiger partial charge is 0.355 e. The smallest absolute Gasteiger partial charge is 0.253 e. The summed E-state index contributed by atoms with van der Waals surface area (Å²) in [4.78, 5) is 29.7. The SMILES string of the molecule is CNS(=O)(=O)c1cc(C(=O)N2CCC(C(=O)NCC(C)(C)CN(C)C)CC2)cc(C)c1C. The second-order valence-corrected chi connectivity index (χ2v) is 11.7.